The highest BCUT2D eigenvalue weighted by Gasteiger charge is 2.37. The second-order valence-electron chi connectivity index (χ2n) is 6.53. The smallest absolute Gasteiger partial charge is 0.233 e. The van der Waals surface area contributed by atoms with Crippen LogP contribution in [0.15, 0.2) is 22.8 Å². The molecular weight excluding hydrogens is 324 g/mol. The van der Waals surface area contributed by atoms with Crippen LogP contribution in [0.2, 0.25) is 0 Å². The molecule has 0 aromatic carbocycles. The summed E-state index contributed by atoms with van der Waals surface area (Å²) in [6, 6.07) is 3.62. The molecule has 1 atom stereocenters. The minimum absolute atomic E-state index is 0.00648. The van der Waals surface area contributed by atoms with Gasteiger partial charge in [-0.3, -0.25) is 19.3 Å². The normalized spacial score (nSPS) is 21.6. The van der Waals surface area contributed by atoms with Crippen molar-refractivity contribution in [2.45, 2.75) is 13.0 Å². The first-order valence-corrected chi connectivity index (χ1v) is 8.58. The molecule has 1 aromatic rings. The van der Waals surface area contributed by atoms with Gasteiger partial charge in [-0.25, -0.2) is 0 Å². The van der Waals surface area contributed by atoms with E-state index in [1.807, 2.05) is 15.9 Å². The van der Waals surface area contributed by atoms with E-state index >= 15 is 0 Å². The SMILES string of the molecule is CNC(=O)CN1CCN(C(=O)C2CC(=O)N(Cc3ccco3)C2)CC1. The summed E-state index contributed by atoms with van der Waals surface area (Å²) < 4.78 is 5.28. The van der Waals surface area contributed by atoms with Crippen LogP contribution in [0.25, 0.3) is 0 Å². The summed E-state index contributed by atoms with van der Waals surface area (Å²) in [5, 5.41) is 2.61. The number of rotatable bonds is 5. The fraction of sp³-hybridized carbons (Fsp3) is 0.588. The first-order valence-electron chi connectivity index (χ1n) is 8.58. The fourth-order valence-electron chi connectivity index (χ4n) is 3.35. The highest BCUT2D eigenvalue weighted by atomic mass is 16.3. The Morgan fingerprint density at radius 2 is 2.04 bits per heavy atom. The van der Waals surface area contributed by atoms with Gasteiger partial charge in [0.25, 0.3) is 0 Å². The van der Waals surface area contributed by atoms with Crippen LogP contribution in [-0.4, -0.2) is 78.7 Å². The van der Waals surface area contributed by atoms with E-state index in [0.717, 1.165) is 5.76 Å². The lowest BCUT2D eigenvalue weighted by Gasteiger charge is -2.35. The molecule has 8 nitrogen and oxygen atoms in total. The maximum atomic E-state index is 12.7. The first-order chi connectivity index (χ1) is 12.1. The molecule has 3 heterocycles. The van der Waals surface area contributed by atoms with Crippen LogP contribution in [0.4, 0.5) is 0 Å². The highest BCUT2D eigenvalue weighted by Crippen LogP contribution is 2.23. The molecule has 2 fully saturated rings. The van der Waals surface area contributed by atoms with Gasteiger partial charge >= 0.3 is 0 Å². The second-order valence-corrected chi connectivity index (χ2v) is 6.53. The summed E-state index contributed by atoms with van der Waals surface area (Å²) in [6.07, 6.45) is 1.84. The van der Waals surface area contributed by atoms with Crippen LogP contribution in [0, 0.1) is 5.92 Å². The lowest BCUT2D eigenvalue weighted by Crippen LogP contribution is -2.52. The van der Waals surface area contributed by atoms with Crippen molar-refractivity contribution in [3.63, 3.8) is 0 Å². The lowest BCUT2D eigenvalue weighted by atomic mass is 10.1. The van der Waals surface area contributed by atoms with Crippen molar-refractivity contribution in [1.29, 1.82) is 0 Å². The minimum Gasteiger partial charge on any atom is -0.467 e. The maximum absolute atomic E-state index is 12.7. The van der Waals surface area contributed by atoms with Crippen molar-refractivity contribution >= 4 is 17.7 Å². The molecule has 1 N–H and O–H groups in total. The maximum Gasteiger partial charge on any atom is 0.233 e. The van der Waals surface area contributed by atoms with E-state index in [9.17, 15) is 14.4 Å². The molecule has 8 heteroatoms. The Kier molecular flexibility index (Phi) is 5.37. The Bertz CT molecular complexity index is 623. The van der Waals surface area contributed by atoms with Gasteiger partial charge in [-0.15, -0.1) is 0 Å². The van der Waals surface area contributed by atoms with E-state index < -0.39 is 0 Å². The van der Waals surface area contributed by atoms with E-state index in [4.69, 9.17) is 4.42 Å². The molecule has 2 aliphatic heterocycles. The molecule has 0 saturated carbocycles. The molecule has 2 aliphatic rings. The van der Waals surface area contributed by atoms with Gasteiger partial charge in [0, 0.05) is 46.2 Å². The van der Waals surface area contributed by atoms with E-state index in [2.05, 4.69) is 5.32 Å². The number of piperazine rings is 1. The van der Waals surface area contributed by atoms with Crippen molar-refractivity contribution < 1.29 is 18.8 Å². The van der Waals surface area contributed by atoms with E-state index in [-0.39, 0.29) is 30.1 Å². The molecule has 136 valence electrons. The van der Waals surface area contributed by atoms with Gasteiger partial charge in [0.05, 0.1) is 25.3 Å². The molecule has 0 spiro atoms. The van der Waals surface area contributed by atoms with E-state index in [1.54, 1.807) is 24.3 Å². The Labute approximate surface area is 146 Å². The Morgan fingerprint density at radius 3 is 2.68 bits per heavy atom. The second kappa shape index (κ2) is 7.69. The zero-order valence-corrected chi connectivity index (χ0v) is 14.4. The number of carbonyl (C=O) groups excluding carboxylic acids is 3. The van der Waals surface area contributed by atoms with Gasteiger partial charge in [0.1, 0.15) is 5.76 Å². The van der Waals surface area contributed by atoms with E-state index in [0.29, 0.717) is 45.8 Å². The predicted octanol–water partition coefficient (Wildman–Crippen LogP) is -0.482. The molecule has 3 amide bonds. The summed E-state index contributed by atoms with van der Waals surface area (Å²) in [6.45, 7) is 3.76. The van der Waals surface area contributed by atoms with Crippen LogP contribution in [0.5, 0.6) is 0 Å². The highest BCUT2D eigenvalue weighted by molar-refractivity contribution is 5.89. The monoisotopic (exact) mass is 348 g/mol. The predicted molar refractivity (Wildman–Crippen MR) is 89.3 cm³/mol. The van der Waals surface area contributed by atoms with Crippen LogP contribution in [0.1, 0.15) is 12.2 Å². The van der Waals surface area contributed by atoms with Crippen molar-refractivity contribution in [2.75, 3.05) is 46.3 Å². The van der Waals surface area contributed by atoms with Crippen LogP contribution < -0.4 is 5.32 Å². The quantitative estimate of drug-likeness (QED) is 0.777. The van der Waals surface area contributed by atoms with Gasteiger partial charge in [0.2, 0.25) is 17.7 Å². The van der Waals surface area contributed by atoms with Crippen molar-refractivity contribution in [3.8, 4) is 0 Å². The third-order valence-corrected chi connectivity index (χ3v) is 4.82. The number of nitrogens with one attached hydrogen (secondary N) is 1. The molecule has 0 aliphatic carbocycles. The van der Waals surface area contributed by atoms with Gasteiger partial charge in [0.15, 0.2) is 0 Å². The third-order valence-electron chi connectivity index (χ3n) is 4.82. The summed E-state index contributed by atoms with van der Waals surface area (Å²) >= 11 is 0. The third kappa shape index (κ3) is 4.19. The number of likely N-dealkylation sites (N-methyl/N-ethyl adjacent to an activating group) is 1. The largest absolute Gasteiger partial charge is 0.467 e. The van der Waals surface area contributed by atoms with Crippen LogP contribution >= 0.6 is 0 Å². The van der Waals surface area contributed by atoms with Gasteiger partial charge in [-0.2, -0.15) is 0 Å². The first kappa shape index (κ1) is 17.5. The average molecular weight is 348 g/mol. The zero-order chi connectivity index (χ0) is 17.8. The number of hydrogen-bond donors (Lipinski definition) is 1. The minimum atomic E-state index is -0.284. The standard InChI is InChI=1S/C17H24N4O4/c1-18-15(22)12-19-4-6-20(7-5-19)17(24)13-9-16(23)21(10-13)11-14-3-2-8-25-14/h2-3,8,13H,4-7,9-12H2,1H3,(H,18,22). The molecule has 1 aromatic heterocycles. The topological polar surface area (TPSA) is 86.1 Å². The Balaban J connectivity index is 1.49. The van der Waals surface area contributed by atoms with Gasteiger partial charge in [-0.1, -0.05) is 0 Å². The van der Waals surface area contributed by atoms with Crippen molar-refractivity contribution in [2.24, 2.45) is 5.92 Å². The molecular formula is C17H24N4O4. The van der Waals surface area contributed by atoms with Crippen molar-refractivity contribution in [3.05, 3.63) is 24.2 Å². The Hall–Kier alpha value is -2.35. The molecule has 2 saturated heterocycles. The lowest BCUT2D eigenvalue weighted by molar-refractivity contribution is -0.137. The number of likely N-dealkylation sites (tertiary alicyclic amines) is 1. The number of hydrogen-bond acceptors (Lipinski definition) is 5. The number of carbonyl (C=O) groups is 3. The fourth-order valence-corrected chi connectivity index (χ4v) is 3.35. The zero-order valence-electron chi connectivity index (χ0n) is 14.4. The number of furan rings is 1. The van der Waals surface area contributed by atoms with Gasteiger partial charge in [-0.05, 0) is 12.1 Å². The molecule has 0 radical (unpaired) electrons. The molecule has 25 heavy (non-hydrogen) atoms. The summed E-state index contributed by atoms with van der Waals surface area (Å²) in [7, 11) is 1.62. The number of nitrogens with zero attached hydrogens (tertiary/aromatic N) is 3. The van der Waals surface area contributed by atoms with Gasteiger partial charge < -0.3 is 19.5 Å². The molecule has 1 unspecified atom stereocenters. The van der Waals surface area contributed by atoms with E-state index in [1.165, 1.54) is 0 Å². The molecule has 0 bridgehead atoms. The number of amides is 3. The summed E-state index contributed by atoms with van der Waals surface area (Å²) in [5.41, 5.74) is 0. The van der Waals surface area contributed by atoms with Crippen LogP contribution in [0.3, 0.4) is 0 Å². The Morgan fingerprint density at radius 1 is 1.28 bits per heavy atom. The molecule has 3 rings (SSSR count). The van der Waals surface area contributed by atoms with Crippen molar-refractivity contribution in [1.82, 2.24) is 20.0 Å². The summed E-state index contributed by atoms with van der Waals surface area (Å²) in [4.78, 5) is 41.8. The summed E-state index contributed by atoms with van der Waals surface area (Å²) in [5.74, 6) is 0.454. The average Bonchev–Trinajstić information content (AvgIpc) is 3.25. The van der Waals surface area contributed by atoms with Crippen LogP contribution in [-0.2, 0) is 20.9 Å².